The van der Waals surface area contributed by atoms with Gasteiger partial charge in [-0.15, -0.1) is 11.3 Å². The summed E-state index contributed by atoms with van der Waals surface area (Å²) in [6, 6.07) is 4.13. The van der Waals surface area contributed by atoms with E-state index in [0.717, 1.165) is 29.5 Å². The van der Waals surface area contributed by atoms with Gasteiger partial charge >= 0.3 is 0 Å². The molecule has 1 aliphatic rings. The van der Waals surface area contributed by atoms with Gasteiger partial charge in [-0.2, -0.15) is 0 Å². The van der Waals surface area contributed by atoms with Crippen LogP contribution in [0.3, 0.4) is 0 Å². The van der Waals surface area contributed by atoms with Crippen molar-refractivity contribution in [3.8, 4) is 0 Å². The zero-order valence-electron chi connectivity index (χ0n) is 8.63. The zero-order chi connectivity index (χ0) is 10.7. The van der Waals surface area contributed by atoms with Gasteiger partial charge in [0, 0.05) is 4.88 Å². The molecule has 0 amide bonds. The normalized spacial score (nSPS) is 18.1. The Labute approximate surface area is 98.9 Å². The molecule has 1 atom stereocenters. The van der Waals surface area contributed by atoms with E-state index in [1.165, 1.54) is 4.88 Å². The lowest BCUT2D eigenvalue weighted by atomic mass is 10.1. The van der Waals surface area contributed by atoms with E-state index < -0.39 is 0 Å². The molecule has 2 nitrogen and oxygen atoms in total. The van der Waals surface area contributed by atoms with Gasteiger partial charge in [-0.1, -0.05) is 11.6 Å². The summed E-state index contributed by atoms with van der Waals surface area (Å²) in [6.07, 6.45) is 4.38. The number of thiophene rings is 1. The first-order valence-electron chi connectivity index (χ1n) is 5.06. The average Bonchev–Trinajstić information content (AvgIpc) is 2.68. The molecule has 1 N–H and O–H groups in total. The van der Waals surface area contributed by atoms with Gasteiger partial charge in [0.2, 0.25) is 0 Å². The summed E-state index contributed by atoms with van der Waals surface area (Å²) in [5.74, 6) is 1.03. The van der Waals surface area contributed by atoms with E-state index in [-0.39, 0.29) is 6.04 Å². The largest absolute Gasteiger partial charge is 0.496 e. The van der Waals surface area contributed by atoms with E-state index >= 15 is 0 Å². The molecule has 1 aliphatic heterocycles. The third-order valence-electron chi connectivity index (χ3n) is 2.41. The minimum Gasteiger partial charge on any atom is -0.496 e. The quantitative estimate of drug-likeness (QED) is 0.879. The molecule has 4 heteroatoms. The maximum absolute atomic E-state index is 5.93. The lowest BCUT2D eigenvalue weighted by molar-refractivity contribution is 0.170. The van der Waals surface area contributed by atoms with Crippen molar-refractivity contribution in [3.63, 3.8) is 0 Å². The molecule has 0 fully saturated rings. The van der Waals surface area contributed by atoms with Gasteiger partial charge in [-0.05, 0) is 38.1 Å². The van der Waals surface area contributed by atoms with Crippen LogP contribution < -0.4 is 5.32 Å². The Hall–Kier alpha value is -0.510. The van der Waals surface area contributed by atoms with Gasteiger partial charge in [-0.25, -0.2) is 0 Å². The molecular weight excluding hydrogens is 230 g/mol. The summed E-state index contributed by atoms with van der Waals surface area (Å²) in [5.41, 5.74) is 0. The van der Waals surface area contributed by atoms with Gasteiger partial charge in [0.25, 0.3) is 0 Å². The number of halogens is 1. The van der Waals surface area contributed by atoms with Crippen LogP contribution in [0.4, 0.5) is 0 Å². The number of likely N-dealkylation sites (N-methyl/N-ethyl adjacent to an activating group) is 1. The maximum Gasteiger partial charge on any atom is 0.114 e. The van der Waals surface area contributed by atoms with Crippen LogP contribution in [0.5, 0.6) is 0 Å². The molecule has 82 valence electrons. The van der Waals surface area contributed by atoms with Crippen LogP contribution in [-0.4, -0.2) is 13.7 Å². The highest BCUT2D eigenvalue weighted by Crippen LogP contribution is 2.32. The summed E-state index contributed by atoms with van der Waals surface area (Å²) in [4.78, 5) is 1.20. The summed E-state index contributed by atoms with van der Waals surface area (Å²) < 4.78 is 6.48. The van der Waals surface area contributed by atoms with Crippen molar-refractivity contribution in [2.75, 3.05) is 13.7 Å². The molecule has 2 rings (SSSR count). The standard InChI is InChI=1S/C11H14ClNOS/c1-13-11(8-4-2-3-7-14-8)9-5-6-10(12)15-9/h4-6,11,13H,2-3,7H2,1H3. The number of ether oxygens (including phenoxy) is 1. The van der Waals surface area contributed by atoms with Crippen LogP contribution >= 0.6 is 22.9 Å². The number of hydrogen-bond acceptors (Lipinski definition) is 3. The summed E-state index contributed by atoms with van der Waals surface area (Å²) in [6.45, 7) is 0.823. The Morgan fingerprint density at radius 1 is 1.53 bits per heavy atom. The summed E-state index contributed by atoms with van der Waals surface area (Å²) in [5, 5.41) is 3.26. The Morgan fingerprint density at radius 3 is 2.93 bits per heavy atom. The molecule has 1 aromatic rings. The summed E-state index contributed by atoms with van der Waals surface area (Å²) in [7, 11) is 1.94. The van der Waals surface area contributed by atoms with Crippen molar-refractivity contribution in [2.45, 2.75) is 18.9 Å². The Balaban J connectivity index is 2.19. The lowest BCUT2D eigenvalue weighted by Gasteiger charge is -2.22. The number of allylic oxidation sites excluding steroid dienone is 1. The smallest absolute Gasteiger partial charge is 0.114 e. The second-order valence-corrected chi connectivity index (χ2v) is 5.21. The van der Waals surface area contributed by atoms with Crippen molar-refractivity contribution >= 4 is 22.9 Å². The highest BCUT2D eigenvalue weighted by Gasteiger charge is 2.19. The van der Waals surface area contributed by atoms with Gasteiger partial charge in [0.15, 0.2) is 0 Å². The highest BCUT2D eigenvalue weighted by molar-refractivity contribution is 7.16. The molecule has 0 aliphatic carbocycles. The van der Waals surface area contributed by atoms with E-state index in [0.29, 0.717) is 0 Å². The molecule has 0 spiro atoms. The third kappa shape index (κ3) is 2.54. The summed E-state index contributed by atoms with van der Waals surface area (Å²) >= 11 is 7.53. The number of rotatable bonds is 3. The van der Waals surface area contributed by atoms with E-state index in [9.17, 15) is 0 Å². The fraction of sp³-hybridized carbons (Fsp3) is 0.455. The van der Waals surface area contributed by atoms with E-state index in [1.807, 2.05) is 19.2 Å². The first-order valence-corrected chi connectivity index (χ1v) is 6.26. The van der Waals surface area contributed by atoms with Crippen molar-refractivity contribution in [3.05, 3.63) is 33.2 Å². The first-order chi connectivity index (χ1) is 7.31. The first kappa shape index (κ1) is 11.0. The predicted molar refractivity (Wildman–Crippen MR) is 64.4 cm³/mol. The molecule has 1 aromatic heterocycles. The molecule has 15 heavy (non-hydrogen) atoms. The Morgan fingerprint density at radius 2 is 2.40 bits per heavy atom. The molecule has 0 bridgehead atoms. The fourth-order valence-electron chi connectivity index (χ4n) is 1.69. The molecule has 1 unspecified atom stereocenters. The Bertz CT molecular complexity index is 361. The minimum absolute atomic E-state index is 0.155. The lowest BCUT2D eigenvalue weighted by Crippen LogP contribution is -2.21. The molecular formula is C11H14ClNOS. The minimum atomic E-state index is 0.155. The highest BCUT2D eigenvalue weighted by atomic mass is 35.5. The van der Waals surface area contributed by atoms with Gasteiger partial charge in [-0.3, -0.25) is 0 Å². The van der Waals surface area contributed by atoms with Gasteiger partial charge in [0.1, 0.15) is 5.76 Å². The topological polar surface area (TPSA) is 21.3 Å². The van der Waals surface area contributed by atoms with Gasteiger partial charge < -0.3 is 10.1 Å². The van der Waals surface area contributed by atoms with E-state index in [2.05, 4.69) is 11.4 Å². The number of nitrogens with one attached hydrogen (secondary N) is 1. The van der Waals surface area contributed by atoms with Crippen LogP contribution in [0.15, 0.2) is 24.0 Å². The second-order valence-electron chi connectivity index (χ2n) is 3.46. The fourth-order valence-corrected chi connectivity index (χ4v) is 2.87. The SMILES string of the molecule is CNC(C1=CCCCO1)c1ccc(Cl)s1. The maximum atomic E-state index is 5.93. The van der Waals surface area contributed by atoms with E-state index in [4.69, 9.17) is 16.3 Å². The van der Waals surface area contributed by atoms with Crippen molar-refractivity contribution in [1.82, 2.24) is 5.32 Å². The molecule has 0 saturated carbocycles. The zero-order valence-corrected chi connectivity index (χ0v) is 10.2. The Kier molecular flexibility index (Phi) is 3.67. The van der Waals surface area contributed by atoms with Crippen molar-refractivity contribution < 1.29 is 4.74 Å². The van der Waals surface area contributed by atoms with Crippen molar-refractivity contribution in [1.29, 1.82) is 0 Å². The third-order valence-corrected chi connectivity index (χ3v) is 3.71. The van der Waals surface area contributed by atoms with Crippen LogP contribution in [0.1, 0.15) is 23.8 Å². The van der Waals surface area contributed by atoms with Gasteiger partial charge in [0.05, 0.1) is 17.0 Å². The molecule has 2 heterocycles. The van der Waals surface area contributed by atoms with Crippen LogP contribution in [-0.2, 0) is 4.74 Å². The number of hydrogen-bond donors (Lipinski definition) is 1. The second kappa shape index (κ2) is 5.01. The van der Waals surface area contributed by atoms with Crippen LogP contribution in [0, 0.1) is 0 Å². The van der Waals surface area contributed by atoms with Crippen molar-refractivity contribution in [2.24, 2.45) is 0 Å². The van der Waals surface area contributed by atoms with Crippen LogP contribution in [0.2, 0.25) is 4.34 Å². The van der Waals surface area contributed by atoms with Crippen LogP contribution in [0.25, 0.3) is 0 Å². The monoisotopic (exact) mass is 243 g/mol. The average molecular weight is 244 g/mol. The van der Waals surface area contributed by atoms with E-state index in [1.54, 1.807) is 11.3 Å². The predicted octanol–water partition coefficient (Wildman–Crippen LogP) is 3.36. The molecule has 0 saturated heterocycles. The molecule has 0 radical (unpaired) electrons. The molecule has 0 aromatic carbocycles.